The molecule has 0 unspecified atom stereocenters. The Bertz CT molecular complexity index is 517. The fourth-order valence-electron chi connectivity index (χ4n) is 1.92. The summed E-state index contributed by atoms with van der Waals surface area (Å²) in [6.45, 7) is 4.07. The SMILES string of the molecule is CCCc1ccccc1Nc1cc(C)nc(N)n1. The summed E-state index contributed by atoms with van der Waals surface area (Å²) in [5, 5.41) is 3.31. The number of nitrogens with two attached hydrogens (primary N) is 1. The van der Waals surface area contributed by atoms with E-state index in [-0.39, 0.29) is 0 Å². The van der Waals surface area contributed by atoms with Gasteiger partial charge in [0.25, 0.3) is 0 Å². The van der Waals surface area contributed by atoms with Crippen LogP contribution in [0.2, 0.25) is 0 Å². The second-order valence-corrected chi connectivity index (χ2v) is 4.28. The van der Waals surface area contributed by atoms with E-state index in [1.54, 1.807) is 0 Å². The predicted octanol–water partition coefficient (Wildman–Crippen LogP) is 3.06. The summed E-state index contributed by atoms with van der Waals surface area (Å²) < 4.78 is 0. The first kappa shape index (κ1) is 12.4. The number of hydrogen-bond acceptors (Lipinski definition) is 4. The third kappa shape index (κ3) is 2.97. The second kappa shape index (κ2) is 5.49. The van der Waals surface area contributed by atoms with Gasteiger partial charge in [0, 0.05) is 17.4 Å². The summed E-state index contributed by atoms with van der Waals surface area (Å²) in [7, 11) is 0. The van der Waals surface area contributed by atoms with Crippen LogP contribution in [0.5, 0.6) is 0 Å². The van der Waals surface area contributed by atoms with Gasteiger partial charge < -0.3 is 11.1 Å². The molecule has 2 aromatic rings. The van der Waals surface area contributed by atoms with Crippen LogP contribution in [0.4, 0.5) is 17.5 Å². The van der Waals surface area contributed by atoms with Crippen LogP contribution in [0.3, 0.4) is 0 Å². The second-order valence-electron chi connectivity index (χ2n) is 4.28. The van der Waals surface area contributed by atoms with Crippen molar-refractivity contribution in [3.8, 4) is 0 Å². The van der Waals surface area contributed by atoms with Gasteiger partial charge in [0.2, 0.25) is 5.95 Å². The zero-order chi connectivity index (χ0) is 13.0. The van der Waals surface area contributed by atoms with E-state index in [1.165, 1.54) is 5.56 Å². The van der Waals surface area contributed by atoms with Gasteiger partial charge in [-0.15, -0.1) is 0 Å². The van der Waals surface area contributed by atoms with Crippen molar-refractivity contribution in [2.75, 3.05) is 11.1 Å². The molecule has 1 aromatic carbocycles. The molecule has 0 atom stereocenters. The molecule has 1 aromatic heterocycles. The number of aromatic nitrogens is 2. The Hall–Kier alpha value is -2.10. The third-order valence-electron chi connectivity index (χ3n) is 2.67. The third-order valence-corrected chi connectivity index (χ3v) is 2.67. The monoisotopic (exact) mass is 242 g/mol. The summed E-state index contributed by atoms with van der Waals surface area (Å²) in [5.74, 6) is 1.04. The van der Waals surface area contributed by atoms with E-state index in [0.717, 1.165) is 30.0 Å². The summed E-state index contributed by atoms with van der Waals surface area (Å²) >= 11 is 0. The Morgan fingerprint density at radius 1 is 1.22 bits per heavy atom. The Morgan fingerprint density at radius 3 is 2.72 bits per heavy atom. The van der Waals surface area contributed by atoms with Crippen LogP contribution in [0.1, 0.15) is 24.6 Å². The van der Waals surface area contributed by atoms with Crippen LogP contribution in [0.15, 0.2) is 30.3 Å². The average molecular weight is 242 g/mol. The van der Waals surface area contributed by atoms with Gasteiger partial charge in [0.1, 0.15) is 5.82 Å². The van der Waals surface area contributed by atoms with Crippen molar-refractivity contribution in [1.29, 1.82) is 0 Å². The molecule has 0 aliphatic carbocycles. The molecule has 0 bridgehead atoms. The van der Waals surface area contributed by atoms with Crippen LogP contribution in [-0.4, -0.2) is 9.97 Å². The van der Waals surface area contributed by atoms with Crippen molar-refractivity contribution in [2.24, 2.45) is 0 Å². The Labute approximate surface area is 107 Å². The van der Waals surface area contributed by atoms with Gasteiger partial charge >= 0.3 is 0 Å². The minimum atomic E-state index is 0.297. The molecule has 0 amide bonds. The highest BCUT2D eigenvalue weighted by Gasteiger charge is 2.03. The largest absolute Gasteiger partial charge is 0.368 e. The Morgan fingerprint density at radius 2 is 2.00 bits per heavy atom. The predicted molar refractivity (Wildman–Crippen MR) is 74.9 cm³/mol. The van der Waals surface area contributed by atoms with Gasteiger partial charge in [0.15, 0.2) is 0 Å². The van der Waals surface area contributed by atoms with Crippen molar-refractivity contribution in [3.63, 3.8) is 0 Å². The molecule has 0 saturated carbocycles. The maximum absolute atomic E-state index is 5.65. The average Bonchev–Trinajstić information content (AvgIpc) is 2.30. The molecule has 3 N–H and O–H groups in total. The lowest BCUT2D eigenvalue weighted by molar-refractivity contribution is 0.923. The van der Waals surface area contributed by atoms with E-state index in [0.29, 0.717) is 5.95 Å². The van der Waals surface area contributed by atoms with E-state index in [2.05, 4.69) is 40.4 Å². The quantitative estimate of drug-likeness (QED) is 0.864. The maximum atomic E-state index is 5.65. The molecule has 0 spiro atoms. The van der Waals surface area contributed by atoms with E-state index < -0.39 is 0 Å². The van der Waals surface area contributed by atoms with Crippen molar-refractivity contribution in [2.45, 2.75) is 26.7 Å². The molecule has 2 rings (SSSR count). The van der Waals surface area contributed by atoms with Gasteiger partial charge in [-0.1, -0.05) is 31.5 Å². The molecular formula is C14H18N4. The van der Waals surface area contributed by atoms with Gasteiger partial charge in [-0.2, -0.15) is 4.98 Å². The highest BCUT2D eigenvalue weighted by atomic mass is 15.1. The normalized spacial score (nSPS) is 10.3. The lowest BCUT2D eigenvalue weighted by atomic mass is 10.1. The van der Waals surface area contributed by atoms with E-state index in [9.17, 15) is 0 Å². The Balaban J connectivity index is 2.27. The Kier molecular flexibility index (Phi) is 3.77. The van der Waals surface area contributed by atoms with Gasteiger partial charge in [-0.05, 0) is 25.0 Å². The molecule has 1 heterocycles. The van der Waals surface area contributed by atoms with E-state index in [1.807, 2.05) is 19.1 Å². The minimum absolute atomic E-state index is 0.297. The number of nitrogens with zero attached hydrogens (tertiary/aromatic N) is 2. The summed E-state index contributed by atoms with van der Waals surface area (Å²) in [4.78, 5) is 8.25. The van der Waals surface area contributed by atoms with Crippen LogP contribution >= 0.6 is 0 Å². The number of benzene rings is 1. The number of hydrogen-bond donors (Lipinski definition) is 2. The molecule has 4 nitrogen and oxygen atoms in total. The highest BCUT2D eigenvalue weighted by Crippen LogP contribution is 2.21. The number of nitrogen functional groups attached to an aromatic ring is 1. The smallest absolute Gasteiger partial charge is 0.222 e. The standard InChI is InChI=1S/C14H18N4/c1-3-6-11-7-4-5-8-12(11)17-13-9-10(2)16-14(15)18-13/h4-5,7-9H,3,6H2,1-2H3,(H3,15,16,17,18). The lowest BCUT2D eigenvalue weighted by Gasteiger charge is -2.11. The summed E-state index contributed by atoms with van der Waals surface area (Å²) in [6, 6.07) is 10.1. The molecule has 18 heavy (non-hydrogen) atoms. The van der Waals surface area contributed by atoms with Crippen LogP contribution < -0.4 is 11.1 Å². The first-order chi connectivity index (χ1) is 8.69. The van der Waals surface area contributed by atoms with Crippen molar-refractivity contribution < 1.29 is 0 Å². The first-order valence-corrected chi connectivity index (χ1v) is 6.15. The lowest BCUT2D eigenvalue weighted by Crippen LogP contribution is -2.02. The summed E-state index contributed by atoms with van der Waals surface area (Å²) in [6.07, 6.45) is 2.16. The molecule has 0 fully saturated rings. The first-order valence-electron chi connectivity index (χ1n) is 6.15. The van der Waals surface area contributed by atoms with Crippen LogP contribution in [-0.2, 0) is 6.42 Å². The minimum Gasteiger partial charge on any atom is -0.368 e. The molecule has 0 radical (unpaired) electrons. The molecule has 94 valence electrons. The van der Waals surface area contributed by atoms with Crippen molar-refractivity contribution >= 4 is 17.5 Å². The van der Waals surface area contributed by atoms with Gasteiger partial charge in [0.05, 0.1) is 0 Å². The fraction of sp³-hybridized carbons (Fsp3) is 0.286. The number of para-hydroxylation sites is 1. The maximum Gasteiger partial charge on any atom is 0.222 e. The number of nitrogens with one attached hydrogen (secondary N) is 1. The summed E-state index contributed by atoms with van der Waals surface area (Å²) in [5.41, 5.74) is 8.87. The topological polar surface area (TPSA) is 63.8 Å². The van der Waals surface area contributed by atoms with Gasteiger partial charge in [-0.25, -0.2) is 4.98 Å². The number of rotatable bonds is 4. The van der Waals surface area contributed by atoms with Crippen LogP contribution in [0, 0.1) is 6.92 Å². The van der Waals surface area contributed by atoms with Crippen LogP contribution in [0.25, 0.3) is 0 Å². The molecular weight excluding hydrogens is 224 g/mol. The van der Waals surface area contributed by atoms with Crippen molar-refractivity contribution in [3.05, 3.63) is 41.6 Å². The molecule has 4 heteroatoms. The molecule has 0 aliphatic heterocycles. The number of aryl methyl sites for hydroxylation is 2. The molecule has 0 aliphatic rings. The van der Waals surface area contributed by atoms with Gasteiger partial charge in [-0.3, -0.25) is 0 Å². The number of anilines is 3. The van der Waals surface area contributed by atoms with E-state index in [4.69, 9.17) is 5.73 Å². The highest BCUT2D eigenvalue weighted by molar-refractivity contribution is 5.61. The van der Waals surface area contributed by atoms with Crippen molar-refractivity contribution in [1.82, 2.24) is 9.97 Å². The zero-order valence-corrected chi connectivity index (χ0v) is 10.8. The van der Waals surface area contributed by atoms with E-state index >= 15 is 0 Å². The zero-order valence-electron chi connectivity index (χ0n) is 10.8. The molecule has 0 saturated heterocycles. The fourth-order valence-corrected chi connectivity index (χ4v) is 1.92.